The lowest BCUT2D eigenvalue weighted by molar-refractivity contribution is 0.297. The second-order valence-electron chi connectivity index (χ2n) is 4.76. The molecule has 0 radical (unpaired) electrons. The molecule has 0 fully saturated rings. The van der Waals surface area contributed by atoms with Crippen molar-refractivity contribution in [1.29, 1.82) is 0 Å². The molecule has 0 saturated heterocycles. The first kappa shape index (κ1) is 15.3. The molecule has 2 N–H and O–H groups in total. The zero-order valence-electron chi connectivity index (χ0n) is 11.9. The number of rotatable bonds is 5. The quantitative estimate of drug-likeness (QED) is 0.916. The lowest BCUT2D eigenvalue weighted by atomic mass is 10.1. The van der Waals surface area contributed by atoms with E-state index in [2.05, 4.69) is 0 Å². The maximum atomic E-state index is 13.1. The van der Waals surface area contributed by atoms with Gasteiger partial charge in [-0.25, -0.2) is 8.78 Å². The average Bonchev–Trinajstić information content (AvgIpc) is 2.43. The average molecular weight is 293 g/mol. The number of methoxy groups -OCH3 is 1. The first-order valence-corrected chi connectivity index (χ1v) is 6.51. The van der Waals surface area contributed by atoms with Gasteiger partial charge in [-0.3, -0.25) is 0 Å². The van der Waals surface area contributed by atoms with Gasteiger partial charge >= 0.3 is 0 Å². The summed E-state index contributed by atoms with van der Waals surface area (Å²) in [5, 5.41) is 0. The van der Waals surface area contributed by atoms with Crippen molar-refractivity contribution in [3.8, 4) is 11.5 Å². The summed E-state index contributed by atoms with van der Waals surface area (Å²) in [5.41, 5.74) is 7.09. The Morgan fingerprint density at radius 3 is 2.33 bits per heavy atom. The van der Waals surface area contributed by atoms with Crippen molar-refractivity contribution in [3.05, 3.63) is 59.2 Å². The fourth-order valence-electron chi connectivity index (χ4n) is 2.00. The number of hydrogen-bond acceptors (Lipinski definition) is 3. The standard InChI is InChI=1S/C16H17F2NO2/c1-10(19)15-4-3-14(20-2)8-16(15)21-9-11-5-12(17)7-13(18)6-11/h3-8,10H,9,19H2,1-2H3. The van der Waals surface area contributed by atoms with E-state index in [4.69, 9.17) is 15.2 Å². The Hall–Kier alpha value is -2.14. The minimum absolute atomic E-state index is 0.0432. The third-order valence-corrected chi connectivity index (χ3v) is 3.03. The maximum absolute atomic E-state index is 13.1. The molecule has 5 heteroatoms. The largest absolute Gasteiger partial charge is 0.497 e. The van der Waals surface area contributed by atoms with Crippen LogP contribution in [0.5, 0.6) is 11.5 Å². The second-order valence-corrected chi connectivity index (χ2v) is 4.76. The van der Waals surface area contributed by atoms with Gasteiger partial charge in [-0.1, -0.05) is 6.07 Å². The highest BCUT2D eigenvalue weighted by Gasteiger charge is 2.10. The summed E-state index contributed by atoms with van der Waals surface area (Å²) < 4.78 is 37.1. The van der Waals surface area contributed by atoms with Crippen molar-refractivity contribution < 1.29 is 18.3 Å². The van der Waals surface area contributed by atoms with Gasteiger partial charge in [0.15, 0.2) is 0 Å². The van der Waals surface area contributed by atoms with E-state index in [1.807, 2.05) is 13.0 Å². The van der Waals surface area contributed by atoms with Gasteiger partial charge in [-0.15, -0.1) is 0 Å². The molecule has 3 nitrogen and oxygen atoms in total. The van der Waals surface area contributed by atoms with E-state index in [0.29, 0.717) is 17.1 Å². The third kappa shape index (κ3) is 3.92. The smallest absolute Gasteiger partial charge is 0.128 e. The summed E-state index contributed by atoms with van der Waals surface area (Å²) in [4.78, 5) is 0. The summed E-state index contributed by atoms with van der Waals surface area (Å²) in [6, 6.07) is 8.36. The molecule has 2 aromatic rings. The van der Waals surface area contributed by atoms with Crippen molar-refractivity contribution in [1.82, 2.24) is 0 Å². The van der Waals surface area contributed by atoms with E-state index in [1.165, 1.54) is 12.1 Å². The van der Waals surface area contributed by atoms with Crippen LogP contribution in [0.15, 0.2) is 36.4 Å². The summed E-state index contributed by atoms with van der Waals surface area (Å²) in [5.74, 6) is -0.104. The molecule has 0 saturated carbocycles. The van der Waals surface area contributed by atoms with E-state index < -0.39 is 11.6 Å². The fourth-order valence-corrected chi connectivity index (χ4v) is 2.00. The molecule has 0 aliphatic heterocycles. The summed E-state index contributed by atoms with van der Waals surface area (Å²) in [7, 11) is 1.55. The number of nitrogens with two attached hydrogens (primary N) is 1. The topological polar surface area (TPSA) is 44.5 Å². The minimum atomic E-state index is -0.633. The Balaban J connectivity index is 2.21. The van der Waals surface area contributed by atoms with Gasteiger partial charge in [0.1, 0.15) is 29.7 Å². The van der Waals surface area contributed by atoms with Gasteiger partial charge in [-0.05, 0) is 30.7 Å². The summed E-state index contributed by atoms with van der Waals surface area (Å²) >= 11 is 0. The van der Waals surface area contributed by atoms with Gasteiger partial charge < -0.3 is 15.2 Å². The Bertz CT molecular complexity index is 609. The van der Waals surface area contributed by atoms with Crippen LogP contribution in [0.4, 0.5) is 8.78 Å². The minimum Gasteiger partial charge on any atom is -0.497 e. The van der Waals surface area contributed by atoms with Crippen LogP contribution in [0.25, 0.3) is 0 Å². The Labute approximate surface area is 122 Å². The molecule has 0 spiro atoms. The Morgan fingerprint density at radius 2 is 1.76 bits per heavy atom. The van der Waals surface area contributed by atoms with Gasteiger partial charge in [0.05, 0.1) is 7.11 Å². The molecule has 112 valence electrons. The van der Waals surface area contributed by atoms with Crippen molar-refractivity contribution >= 4 is 0 Å². The van der Waals surface area contributed by atoms with E-state index in [0.717, 1.165) is 11.6 Å². The van der Waals surface area contributed by atoms with Gasteiger partial charge in [0.25, 0.3) is 0 Å². The highest BCUT2D eigenvalue weighted by molar-refractivity contribution is 5.42. The normalized spacial score (nSPS) is 12.0. The summed E-state index contributed by atoms with van der Waals surface area (Å²) in [6.45, 7) is 1.87. The zero-order chi connectivity index (χ0) is 15.4. The van der Waals surface area contributed by atoms with E-state index in [-0.39, 0.29) is 12.6 Å². The molecule has 0 aliphatic carbocycles. The van der Waals surface area contributed by atoms with Crippen molar-refractivity contribution in [2.24, 2.45) is 5.73 Å². The van der Waals surface area contributed by atoms with Crippen molar-refractivity contribution in [3.63, 3.8) is 0 Å². The molecular weight excluding hydrogens is 276 g/mol. The van der Waals surface area contributed by atoms with Crippen LogP contribution in [0.3, 0.4) is 0 Å². The molecule has 1 atom stereocenters. The summed E-state index contributed by atoms with van der Waals surface area (Å²) in [6.07, 6.45) is 0. The van der Waals surface area contributed by atoms with Crippen molar-refractivity contribution in [2.75, 3.05) is 7.11 Å². The van der Waals surface area contributed by atoms with Crippen molar-refractivity contribution in [2.45, 2.75) is 19.6 Å². The van der Waals surface area contributed by atoms with E-state index in [9.17, 15) is 8.78 Å². The molecule has 21 heavy (non-hydrogen) atoms. The van der Waals surface area contributed by atoms with Crippen LogP contribution < -0.4 is 15.2 Å². The molecule has 2 aromatic carbocycles. The number of hydrogen-bond donors (Lipinski definition) is 1. The lowest BCUT2D eigenvalue weighted by Crippen LogP contribution is -2.08. The van der Waals surface area contributed by atoms with Gasteiger partial charge in [0.2, 0.25) is 0 Å². The third-order valence-electron chi connectivity index (χ3n) is 3.03. The lowest BCUT2D eigenvalue weighted by Gasteiger charge is -2.15. The Kier molecular flexibility index (Phi) is 4.75. The predicted molar refractivity (Wildman–Crippen MR) is 76.3 cm³/mol. The Morgan fingerprint density at radius 1 is 1.10 bits per heavy atom. The zero-order valence-corrected chi connectivity index (χ0v) is 11.9. The van der Waals surface area contributed by atoms with Crippen LogP contribution in [-0.4, -0.2) is 7.11 Å². The van der Waals surface area contributed by atoms with Gasteiger partial charge in [-0.2, -0.15) is 0 Å². The van der Waals surface area contributed by atoms with Crippen LogP contribution in [0.2, 0.25) is 0 Å². The molecule has 0 aliphatic rings. The molecule has 2 rings (SSSR count). The van der Waals surface area contributed by atoms with E-state index >= 15 is 0 Å². The number of ether oxygens (including phenoxy) is 2. The van der Waals surface area contributed by atoms with Crippen LogP contribution >= 0.6 is 0 Å². The number of halogens is 2. The highest BCUT2D eigenvalue weighted by atomic mass is 19.1. The molecule has 0 aromatic heterocycles. The number of benzene rings is 2. The van der Waals surface area contributed by atoms with Crippen LogP contribution in [-0.2, 0) is 6.61 Å². The SMILES string of the molecule is COc1ccc(C(C)N)c(OCc2cc(F)cc(F)c2)c1. The predicted octanol–water partition coefficient (Wildman–Crippen LogP) is 3.57. The van der Waals surface area contributed by atoms with Crippen LogP contribution in [0.1, 0.15) is 24.1 Å². The van der Waals surface area contributed by atoms with Gasteiger partial charge in [0, 0.05) is 23.7 Å². The monoisotopic (exact) mass is 293 g/mol. The molecule has 0 bridgehead atoms. The first-order chi connectivity index (χ1) is 9.99. The van der Waals surface area contributed by atoms with E-state index in [1.54, 1.807) is 19.2 Å². The molecule has 0 amide bonds. The highest BCUT2D eigenvalue weighted by Crippen LogP contribution is 2.29. The fraction of sp³-hybridized carbons (Fsp3) is 0.250. The maximum Gasteiger partial charge on any atom is 0.128 e. The second kappa shape index (κ2) is 6.54. The molecular formula is C16H17F2NO2. The first-order valence-electron chi connectivity index (χ1n) is 6.51. The molecule has 0 heterocycles. The molecule has 1 unspecified atom stereocenters. The van der Waals surface area contributed by atoms with Crippen LogP contribution in [0, 0.1) is 11.6 Å².